The van der Waals surface area contributed by atoms with Crippen molar-refractivity contribution in [2.24, 2.45) is 0 Å². The Kier molecular flexibility index (Phi) is 5.13. The highest BCUT2D eigenvalue weighted by Gasteiger charge is 2.37. The van der Waals surface area contributed by atoms with E-state index in [2.05, 4.69) is 0 Å². The topological polar surface area (TPSA) is 55.8 Å². The first-order valence-corrected chi connectivity index (χ1v) is 7.82. The van der Waals surface area contributed by atoms with Gasteiger partial charge in [0.2, 0.25) is 0 Å². The molecular formula is C16H19NO4S. The molecule has 1 aliphatic rings. The third-order valence-corrected chi connectivity index (χ3v) is 4.44. The summed E-state index contributed by atoms with van der Waals surface area (Å²) < 4.78 is 10.4. The number of hydrogen-bond donors (Lipinski definition) is 0. The molecule has 1 fully saturated rings. The minimum Gasteiger partial charge on any atom is -0.493 e. The average Bonchev–Trinajstić information content (AvgIpc) is 2.80. The zero-order chi connectivity index (χ0) is 16.3. The molecule has 0 radical (unpaired) electrons. The van der Waals surface area contributed by atoms with Crippen LogP contribution in [0.3, 0.4) is 0 Å². The van der Waals surface area contributed by atoms with Crippen LogP contribution in [0, 0.1) is 0 Å². The van der Waals surface area contributed by atoms with Gasteiger partial charge in [0, 0.05) is 6.04 Å². The van der Waals surface area contributed by atoms with Crippen LogP contribution in [0.1, 0.15) is 25.8 Å². The van der Waals surface area contributed by atoms with Crippen LogP contribution in [0.15, 0.2) is 23.1 Å². The number of thioether (sulfide) groups is 1. The molecule has 1 atom stereocenters. The Bertz CT molecular complexity index is 627. The molecule has 0 saturated carbocycles. The van der Waals surface area contributed by atoms with Crippen LogP contribution in [-0.4, -0.2) is 36.3 Å². The maximum Gasteiger partial charge on any atom is 0.293 e. The fraction of sp³-hybridized carbons (Fsp3) is 0.375. The molecule has 1 aromatic rings. The molecule has 0 unspecified atom stereocenters. The molecule has 118 valence electrons. The van der Waals surface area contributed by atoms with E-state index in [9.17, 15) is 9.59 Å². The standard InChI is InChI=1S/C16H19NO4S/c1-5-10(2)17-15(18)14(22-16(17)19)9-11-6-7-12(20-3)13(8-11)21-4/h6-10H,5H2,1-4H3/b14-9+/t10-/m1/s1. The van der Waals surface area contributed by atoms with Gasteiger partial charge in [0.05, 0.1) is 19.1 Å². The van der Waals surface area contributed by atoms with Gasteiger partial charge in [-0.25, -0.2) is 0 Å². The van der Waals surface area contributed by atoms with Gasteiger partial charge in [-0.05, 0) is 48.9 Å². The SMILES string of the molecule is CC[C@@H](C)N1C(=O)S/C(=C/c2ccc(OC)c(OC)c2)C1=O. The van der Waals surface area contributed by atoms with Gasteiger partial charge in [0.25, 0.3) is 11.1 Å². The summed E-state index contributed by atoms with van der Waals surface area (Å²) in [5.41, 5.74) is 0.785. The van der Waals surface area contributed by atoms with Crippen molar-refractivity contribution in [1.29, 1.82) is 0 Å². The van der Waals surface area contributed by atoms with Gasteiger partial charge >= 0.3 is 0 Å². The molecular weight excluding hydrogens is 302 g/mol. The van der Waals surface area contributed by atoms with Crippen LogP contribution in [0.2, 0.25) is 0 Å². The number of amides is 2. The highest BCUT2D eigenvalue weighted by Crippen LogP contribution is 2.35. The first-order valence-electron chi connectivity index (χ1n) is 7.00. The molecule has 22 heavy (non-hydrogen) atoms. The van der Waals surface area contributed by atoms with Crippen molar-refractivity contribution in [3.05, 3.63) is 28.7 Å². The monoisotopic (exact) mass is 321 g/mol. The maximum absolute atomic E-state index is 12.4. The van der Waals surface area contributed by atoms with E-state index in [1.54, 1.807) is 32.4 Å². The quantitative estimate of drug-likeness (QED) is 0.776. The summed E-state index contributed by atoms with van der Waals surface area (Å²) in [5.74, 6) is 0.962. The number of ether oxygens (including phenoxy) is 2. The summed E-state index contributed by atoms with van der Waals surface area (Å²) in [6.45, 7) is 3.82. The van der Waals surface area contributed by atoms with Gasteiger partial charge in [-0.1, -0.05) is 13.0 Å². The second-order valence-corrected chi connectivity index (χ2v) is 5.92. The van der Waals surface area contributed by atoms with Crippen molar-refractivity contribution >= 4 is 29.0 Å². The number of nitrogens with zero attached hydrogens (tertiary/aromatic N) is 1. The number of carbonyl (C=O) groups is 2. The van der Waals surface area contributed by atoms with Crippen LogP contribution in [0.4, 0.5) is 4.79 Å². The lowest BCUT2D eigenvalue weighted by molar-refractivity contribution is -0.124. The first-order chi connectivity index (χ1) is 10.5. The van der Waals surface area contributed by atoms with Crippen molar-refractivity contribution in [1.82, 2.24) is 4.90 Å². The number of rotatable bonds is 5. The van der Waals surface area contributed by atoms with Crippen molar-refractivity contribution in [3.63, 3.8) is 0 Å². The van der Waals surface area contributed by atoms with E-state index < -0.39 is 0 Å². The van der Waals surface area contributed by atoms with Gasteiger partial charge in [-0.15, -0.1) is 0 Å². The van der Waals surface area contributed by atoms with E-state index in [4.69, 9.17) is 9.47 Å². The molecule has 0 bridgehead atoms. The van der Waals surface area contributed by atoms with Crippen molar-refractivity contribution in [2.45, 2.75) is 26.3 Å². The summed E-state index contributed by atoms with van der Waals surface area (Å²) in [6.07, 6.45) is 2.44. The minimum absolute atomic E-state index is 0.0937. The lowest BCUT2D eigenvalue weighted by Crippen LogP contribution is -2.36. The van der Waals surface area contributed by atoms with E-state index >= 15 is 0 Å². The third kappa shape index (κ3) is 3.11. The Balaban J connectivity index is 2.31. The molecule has 0 aliphatic carbocycles. The molecule has 0 N–H and O–H groups in total. The summed E-state index contributed by atoms with van der Waals surface area (Å²) >= 11 is 0.970. The maximum atomic E-state index is 12.4. The van der Waals surface area contributed by atoms with Crippen LogP contribution >= 0.6 is 11.8 Å². The molecule has 2 amide bonds. The van der Waals surface area contributed by atoms with E-state index in [1.807, 2.05) is 19.9 Å². The number of hydrogen-bond acceptors (Lipinski definition) is 5. The second-order valence-electron chi connectivity index (χ2n) is 4.92. The zero-order valence-corrected chi connectivity index (χ0v) is 13.9. The van der Waals surface area contributed by atoms with E-state index in [0.29, 0.717) is 16.4 Å². The third-order valence-electron chi connectivity index (χ3n) is 3.56. The highest BCUT2D eigenvalue weighted by atomic mass is 32.2. The minimum atomic E-state index is -0.237. The Morgan fingerprint density at radius 3 is 2.50 bits per heavy atom. The van der Waals surface area contributed by atoms with Crippen LogP contribution in [-0.2, 0) is 4.79 Å². The molecule has 1 aromatic carbocycles. The van der Waals surface area contributed by atoms with Gasteiger partial charge in [0.1, 0.15) is 0 Å². The predicted molar refractivity (Wildman–Crippen MR) is 87.1 cm³/mol. The molecule has 5 nitrogen and oxygen atoms in total. The highest BCUT2D eigenvalue weighted by molar-refractivity contribution is 8.18. The predicted octanol–water partition coefficient (Wildman–Crippen LogP) is 3.54. The smallest absolute Gasteiger partial charge is 0.293 e. The molecule has 1 aliphatic heterocycles. The van der Waals surface area contributed by atoms with Crippen molar-refractivity contribution in [2.75, 3.05) is 14.2 Å². The largest absolute Gasteiger partial charge is 0.493 e. The van der Waals surface area contributed by atoms with Crippen molar-refractivity contribution in [3.8, 4) is 11.5 Å². The average molecular weight is 321 g/mol. The molecule has 0 spiro atoms. The van der Waals surface area contributed by atoms with Gasteiger partial charge in [-0.2, -0.15) is 0 Å². The number of carbonyl (C=O) groups excluding carboxylic acids is 2. The Hall–Kier alpha value is -1.95. The van der Waals surface area contributed by atoms with Gasteiger partial charge < -0.3 is 9.47 Å². The number of methoxy groups -OCH3 is 2. The normalized spacial score (nSPS) is 18.0. The summed E-state index contributed by atoms with van der Waals surface area (Å²) in [5, 5.41) is -0.217. The van der Waals surface area contributed by atoms with Crippen LogP contribution in [0.25, 0.3) is 6.08 Å². The molecule has 2 rings (SSSR count). The van der Waals surface area contributed by atoms with Crippen LogP contribution in [0.5, 0.6) is 11.5 Å². The Morgan fingerprint density at radius 2 is 1.91 bits per heavy atom. The summed E-state index contributed by atoms with van der Waals surface area (Å²) in [6, 6.07) is 5.27. The van der Waals surface area contributed by atoms with Gasteiger partial charge in [-0.3, -0.25) is 14.5 Å². The zero-order valence-electron chi connectivity index (χ0n) is 13.1. The molecule has 6 heteroatoms. The lowest BCUT2D eigenvalue weighted by Gasteiger charge is -2.19. The van der Waals surface area contributed by atoms with E-state index in [1.165, 1.54) is 4.90 Å². The Morgan fingerprint density at radius 1 is 1.23 bits per heavy atom. The summed E-state index contributed by atoms with van der Waals surface area (Å²) in [7, 11) is 3.12. The van der Waals surface area contributed by atoms with Crippen molar-refractivity contribution < 1.29 is 19.1 Å². The fourth-order valence-corrected chi connectivity index (χ4v) is 3.07. The van der Waals surface area contributed by atoms with E-state index in [0.717, 1.165) is 23.7 Å². The van der Waals surface area contributed by atoms with E-state index in [-0.39, 0.29) is 17.2 Å². The number of imide groups is 1. The fourth-order valence-electron chi connectivity index (χ4n) is 2.14. The van der Waals surface area contributed by atoms with Crippen LogP contribution < -0.4 is 9.47 Å². The molecule has 1 saturated heterocycles. The lowest BCUT2D eigenvalue weighted by atomic mass is 10.1. The molecule has 1 heterocycles. The Labute approximate surface area is 134 Å². The summed E-state index contributed by atoms with van der Waals surface area (Å²) in [4.78, 5) is 26.1. The number of benzene rings is 1. The van der Waals surface area contributed by atoms with Gasteiger partial charge in [0.15, 0.2) is 11.5 Å². The first kappa shape index (κ1) is 16.4. The molecule has 0 aromatic heterocycles. The second kappa shape index (κ2) is 6.87.